The van der Waals surface area contributed by atoms with E-state index in [1.807, 2.05) is 0 Å². The Morgan fingerprint density at radius 1 is 1.05 bits per heavy atom. The number of pyridine rings is 1. The number of halogens is 6. The maximum atomic E-state index is 14.2. The molecular weight excluding hydrogens is 506 g/mol. The predicted octanol–water partition coefficient (Wildman–Crippen LogP) is 4.64. The summed E-state index contributed by atoms with van der Waals surface area (Å²) in [6, 6.07) is 1.13. The lowest BCUT2D eigenvalue weighted by Gasteiger charge is -2.29. The van der Waals surface area contributed by atoms with Crippen LogP contribution in [0.25, 0.3) is 16.6 Å². The van der Waals surface area contributed by atoms with E-state index < -0.39 is 47.0 Å². The molecule has 1 aliphatic carbocycles. The number of alkyl halides is 6. The molecule has 0 unspecified atom stereocenters. The van der Waals surface area contributed by atoms with Gasteiger partial charge in [-0.25, -0.2) is 15.0 Å². The molecule has 0 spiro atoms. The smallest absolute Gasteiger partial charge is 0.417 e. The van der Waals surface area contributed by atoms with Gasteiger partial charge < -0.3 is 15.4 Å². The standard InChI is InChI=1S/C23H16F6N6O2/c24-22(25,26)10-3-13-18(8-37-20(13)32-6-10)35(11-1-2-11)21(36)12-4-16-15(5-14(12)23(27,28)29)33-19(30)17-7-31-9-34(16)17/h3-7,9,11,18H,1-2,8H2,(H2,30,33)/t18-/m1/s1. The quantitative estimate of drug-likeness (QED) is 0.394. The molecule has 2 N–H and O–H groups in total. The van der Waals surface area contributed by atoms with Crippen molar-refractivity contribution in [3.05, 3.63) is 59.2 Å². The Hall–Kier alpha value is -4.10. The van der Waals surface area contributed by atoms with E-state index in [2.05, 4.69) is 15.0 Å². The Bertz CT molecular complexity index is 1580. The van der Waals surface area contributed by atoms with Gasteiger partial charge in [0.1, 0.15) is 17.9 Å². The van der Waals surface area contributed by atoms with E-state index in [4.69, 9.17) is 10.5 Å². The van der Waals surface area contributed by atoms with Crippen LogP contribution in [0.15, 0.2) is 36.9 Å². The Morgan fingerprint density at radius 3 is 2.49 bits per heavy atom. The third-order valence-corrected chi connectivity index (χ3v) is 6.51. The van der Waals surface area contributed by atoms with Crippen LogP contribution in [-0.4, -0.2) is 42.8 Å². The summed E-state index contributed by atoms with van der Waals surface area (Å²) in [5, 5.41) is 0. The summed E-state index contributed by atoms with van der Waals surface area (Å²) in [6.07, 6.45) is -5.31. The van der Waals surface area contributed by atoms with Crippen molar-refractivity contribution in [3.63, 3.8) is 0 Å². The van der Waals surface area contributed by atoms with Crippen LogP contribution in [0.2, 0.25) is 0 Å². The summed E-state index contributed by atoms with van der Waals surface area (Å²) in [5.74, 6) is -1.11. The van der Waals surface area contributed by atoms with Crippen LogP contribution in [0.5, 0.6) is 5.88 Å². The number of imidazole rings is 1. The van der Waals surface area contributed by atoms with Crippen molar-refractivity contribution < 1.29 is 35.9 Å². The summed E-state index contributed by atoms with van der Waals surface area (Å²) in [7, 11) is 0. The van der Waals surface area contributed by atoms with Crippen molar-refractivity contribution in [2.45, 2.75) is 37.3 Å². The van der Waals surface area contributed by atoms with Crippen molar-refractivity contribution in [2.24, 2.45) is 0 Å². The zero-order valence-electron chi connectivity index (χ0n) is 18.6. The van der Waals surface area contributed by atoms with Crippen molar-refractivity contribution in [1.29, 1.82) is 0 Å². The van der Waals surface area contributed by atoms with Crippen LogP contribution in [-0.2, 0) is 12.4 Å². The van der Waals surface area contributed by atoms with Gasteiger partial charge in [-0.1, -0.05) is 0 Å². The van der Waals surface area contributed by atoms with Crippen LogP contribution in [0.3, 0.4) is 0 Å². The normalized spacial score (nSPS) is 17.7. The molecule has 3 aromatic heterocycles. The van der Waals surface area contributed by atoms with Crippen LogP contribution in [0.1, 0.15) is 45.9 Å². The Labute approximate surface area is 203 Å². The third kappa shape index (κ3) is 3.78. The van der Waals surface area contributed by atoms with E-state index >= 15 is 0 Å². The molecule has 37 heavy (non-hydrogen) atoms. The highest BCUT2D eigenvalue weighted by molar-refractivity contribution is 6.00. The number of carbonyl (C=O) groups excluding carboxylic acids is 1. The maximum absolute atomic E-state index is 14.2. The first kappa shape index (κ1) is 23.3. The van der Waals surface area contributed by atoms with Gasteiger partial charge in [-0.15, -0.1) is 0 Å². The van der Waals surface area contributed by atoms with E-state index in [9.17, 15) is 31.1 Å². The molecule has 1 atom stereocenters. The van der Waals surface area contributed by atoms with Gasteiger partial charge in [0.2, 0.25) is 5.88 Å². The molecule has 0 bridgehead atoms. The molecule has 1 amide bonds. The van der Waals surface area contributed by atoms with E-state index in [0.29, 0.717) is 24.6 Å². The van der Waals surface area contributed by atoms with Crippen LogP contribution in [0, 0.1) is 0 Å². The molecular formula is C23H16F6N6O2. The minimum atomic E-state index is -4.93. The van der Waals surface area contributed by atoms with E-state index in [0.717, 1.165) is 18.2 Å². The first-order valence-corrected chi connectivity index (χ1v) is 11.1. The Morgan fingerprint density at radius 2 is 1.81 bits per heavy atom. The molecule has 4 aromatic rings. The van der Waals surface area contributed by atoms with Gasteiger partial charge in [-0.2, -0.15) is 26.3 Å². The number of benzene rings is 1. The van der Waals surface area contributed by atoms with Gasteiger partial charge in [0.25, 0.3) is 5.91 Å². The van der Waals surface area contributed by atoms with Crippen LogP contribution < -0.4 is 10.5 Å². The number of nitrogens with zero attached hydrogens (tertiary/aromatic N) is 5. The monoisotopic (exact) mass is 522 g/mol. The second-order valence-electron chi connectivity index (χ2n) is 8.92. The van der Waals surface area contributed by atoms with Gasteiger partial charge in [0, 0.05) is 17.8 Å². The van der Waals surface area contributed by atoms with E-state index in [1.54, 1.807) is 0 Å². The molecule has 14 heteroatoms. The van der Waals surface area contributed by atoms with Crippen molar-refractivity contribution in [2.75, 3.05) is 12.3 Å². The van der Waals surface area contributed by atoms with Crippen molar-refractivity contribution in [3.8, 4) is 5.88 Å². The number of hydrogen-bond donors (Lipinski definition) is 1. The summed E-state index contributed by atoms with van der Waals surface area (Å²) in [6.45, 7) is -0.231. The first-order valence-electron chi connectivity index (χ1n) is 11.1. The van der Waals surface area contributed by atoms with E-state index in [1.165, 1.54) is 21.8 Å². The van der Waals surface area contributed by atoms with Gasteiger partial charge >= 0.3 is 12.4 Å². The minimum Gasteiger partial charge on any atom is -0.475 e. The second kappa shape index (κ2) is 7.70. The van der Waals surface area contributed by atoms with Crippen molar-refractivity contribution >= 4 is 28.3 Å². The molecule has 1 aliphatic heterocycles. The number of carbonyl (C=O) groups is 1. The lowest BCUT2D eigenvalue weighted by molar-refractivity contribution is -0.138. The molecule has 1 aromatic carbocycles. The van der Waals surface area contributed by atoms with Gasteiger partial charge in [0.05, 0.1) is 46.3 Å². The van der Waals surface area contributed by atoms with Crippen molar-refractivity contribution in [1.82, 2.24) is 24.3 Å². The highest BCUT2D eigenvalue weighted by Crippen LogP contribution is 2.45. The first-order chi connectivity index (χ1) is 17.4. The zero-order chi connectivity index (χ0) is 26.3. The fourth-order valence-electron chi connectivity index (χ4n) is 4.65. The molecule has 6 rings (SSSR count). The maximum Gasteiger partial charge on any atom is 0.417 e. The zero-order valence-corrected chi connectivity index (χ0v) is 18.6. The lowest BCUT2D eigenvalue weighted by Crippen LogP contribution is -2.38. The number of ether oxygens (including phenoxy) is 1. The van der Waals surface area contributed by atoms with E-state index in [-0.39, 0.29) is 34.9 Å². The largest absolute Gasteiger partial charge is 0.475 e. The number of amides is 1. The van der Waals surface area contributed by atoms with Crippen LogP contribution >= 0.6 is 0 Å². The SMILES string of the molecule is Nc1nc2cc(C(F)(F)F)c(C(=O)N(C3CC3)[C@@H]3COc4ncc(C(F)(F)F)cc43)cc2n2cncc12. The Balaban J connectivity index is 1.51. The number of hydrogen-bond acceptors (Lipinski definition) is 6. The number of nitrogen functional groups attached to an aromatic ring is 1. The lowest BCUT2D eigenvalue weighted by atomic mass is 10.0. The highest BCUT2D eigenvalue weighted by atomic mass is 19.4. The fraction of sp³-hybridized carbons (Fsp3) is 0.304. The summed E-state index contributed by atoms with van der Waals surface area (Å²) < 4.78 is 89.3. The number of rotatable bonds is 3. The molecule has 1 saturated carbocycles. The van der Waals surface area contributed by atoms with Gasteiger partial charge in [0.15, 0.2) is 0 Å². The number of nitrogens with two attached hydrogens (primary N) is 1. The molecule has 4 heterocycles. The molecule has 0 saturated heterocycles. The fourth-order valence-corrected chi connectivity index (χ4v) is 4.65. The second-order valence-corrected chi connectivity index (χ2v) is 8.92. The topological polar surface area (TPSA) is 98.6 Å². The molecule has 1 fully saturated rings. The average molecular weight is 522 g/mol. The molecule has 8 nitrogen and oxygen atoms in total. The minimum absolute atomic E-state index is 0.00383. The molecule has 0 radical (unpaired) electrons. The third-order valence-electron chi connectivity index (χ3n) is 6.51. The number of anilines is 1. The number of fused-ring (bicyclic) bond motifs is 4. The summed E-state index contributed by atoms with van der Waals surface area (Å²) in [5.41, 5.74) is 3.32. The van der Waals surface area contributed by atoms with Gasteiger partial charge in [-0.05, 0) is 31.0 Å². The molecule has 2 aliphatic rings. The highest BCUT2D eigenvalue weighted by Gasteiger charge is 2.46. The van der Waals surface area contributed by atoms with Gasteiger partial charge in [-0.3, -0.25) is 9.20 Å². The number of aromatic nitrogens is 4. The summed E-state index contributed by atoms with van der Waals surface area (Å²) in [4.78, 5) is 26.7. The van der Waals surface area contributed by atoms with Crippen LogP contribution in [0.4, 0.5) is 32.2 Å². The average Bonchev–Trinajstić information content (AvgIpc) is 3.36. The molecule has 192 valence electrons. The Kier molecular flexibility index (Phi) is 4.85. The summed E-state index contributed by atoms with van der Waals surface area (Å²) >= 11 is 0. The predicted molar refractivity (Wildman–Crippen MR) is 117 cm³/mol.